The second-order valence-electron chi connectivity index (χ2n) is 7.52. The molecule has 2 aromatic rings. The van der Waals surface area contributed by atoms with E-state index in [0.29, 0.717) is 17.9 Å². The highest BCUT2D eigenvalue weighted by Gasteiger charge is 2.31. The number of rotatable bonds is 4. The molecule has 154 valence electrons. The molecule has 2 unspecified atom stereocenters. The first-order valence-electron chi connectivity index (χ1n) is 10.2. The minimum absolute atomic E-state index is 0.00151. The Morgan fingerprint density at radius 1 is 1.14 bits per heavy atom. The lowest BCUT2D eigenvalue weighted by molar-refractivity contribution is 0.0900. The van der Waals surface area contributed by atoms with Gasteiger partial charge >= 0.3 is 0 Å². The van der Waals surface area contributed by atoms with Crippen molar-refractivity contribution in [3.63, 3.8) is 0 Å². The van der Waals surface area contributed by atoms with E-state index < -0.39 is 6.17 Å². The van der Waals surface area contributed by atoms with E-state index in [4.69, 9.17) is 0 Å². The highest BCUT2D eigenvalue weighted by atomic mass is 19.1. The number of hydrogen-bond donors (Lipinski definition) is 2. The van der Waals surface area contributed by atoms with Crippen LogP contribution >= 0.6 is 0 Å². The van der Waals surface area contributed by atoms with Gasteiger partial charge < -0.3 is 15.5 Å². The fourth-order valence-corrected chi connectivity index (χ4v) is 4.07. The number of pyridine rings is 2. The summed E-state index contributed by atoms with van der Waals surface area (Å²) in [6, 6.07) is 8.99. The Bertz CT molecular complexity index is 820. The fraction of sp³-hybridized carbons (Fsp3) is 0.476. The van der Waals surface area contributed by atoms with Crippen molar-refractivity contribution in [3.8, 4) is 0 Å². The van der Waals surface area contributed by atoms with E-state index in [1.165, 1.54) is 0 Å². The van der Waals surface area contributed by atoms with Crippen LogP contribution in [0, 0.1) is 0 Å². The number of nitrogens with zero attached hydrogens (tertiary/aromatic N) is 4. The van der Waals surface area contributed by atoms with Crippen LogP contribution in [0.4, 0.5) is 15.9 Å². The zero-order valence-corrected chi connectivity index (χ0v) is 16.4. The normalized spacial score (nSPS) is 23.4. The fourth-order valence-electron chi connectivity index (χ4n) is 4.07. The molecule has 0 aromatic carbocycles. The van der Waals surface area contributed by atoms with Gasteiger partial charge in [0.25, 0.3) is 5.91 Å². The first-order chi connectivity index (χ1) is 14.2. The molecule has 0 saturated carbocycles. The van der Waals surface area contributed by atoms with Crippen LogP contribution in [-0.4, -0.2) is 72.3 Å². The summed E-state index contributed by atoms with van der Waals surface area (Å²) in [5.74, 6) is 0.542. The molecule has 1 amide bonds. The minimum atomic E-state index is -0.811. The minimum Gasteiger partial charge on any atom is -0.355 e. The van der Waals surface area contributed by atoms with Crippen LogP contribution in [0.2, 0.25) is 0 Å². The Balaban J connectivity index is 1.41. The van der Waals surface area contributed by atoms with E-state index in [0.717, 1.165) is 51.4 Å². The number of anilines is 2. The average Bonchev–Trinajstić information content (AvgIpc) is 3.01. The van der Waals surface area contributed by atoms with E-state index in [1.807, 2.05) is 12.1 Å². The van der Waals surface area contributed by atoms with Gasteiger partial charge in [-0.25, -0.2) is 9.37 Å². The smallest absolute Gasteiger partial charge is 0.274 e. The summed E-state index contributed by atoms with van der Waals surface area (Å²) in [6.07, 6.45) is 4.25. The quantitative estimate of drug-likeness (QED) is 0.820. The first kappa shape index (κ1) is 19.7. The zero-order valence-electron chi connectivity index (χ0n) is 16.4. The SMILES string of the molecule is O=C(Nc1ccncc1)c1cccc(N2CCCN(C3CCNCC3F)CC2)n1. The molecule has 2 N–H and O–H groups in total. The molecule has 2 aliphatic heterocycles. The monoisotopic (exact) mass is 398 g/mol. The molecule has 2 aromatic heterocycles. The molecule has 0 aliphatic carbocycles. The molecular weight excluding hydrogens is 371 g/mol. The van der Waals surface area contributed by atoms with E-state index in [9.17, 15) is 9.18 Å². The summed E-state index contributed by atoms with van der Waals surface area (Å²) in [5, 5.41) is 5.96. The lowest BCUT2D eigenvalue weighted by Crippen LogP contribution is -2.52. The number of alkyl halides is 1. The third kappa shape index (κ3) is 4.89. The number of piperidine rings is 1. The highest BCUT2D eigenvalue weighted by molar-refractivity contribution is 6.03. The van der Waals surface area contributed by atoms with E-state index in [1.54, 1.807) is 30.6 Å². The standard InChI is InChI=1S/C21H27FN6O/c22-17-15-24-10-7-19(17)27-11-2-12-28(14-13-27)20-4-1-3-18(26-20)21(29)25-16-5-8-23-9-6-16/h1,3-6,8-9,17,19,24H,2,7,10-15H2,(H,23,25,29). The van der Waals surface area contributed by atoms with Crippen LogP contribution in [0.25, 0.3) is 0 Å². The number of halogens is 1. The summed E-state index contributed by atoms with van der Waals surface area (Å²) in [5.41, 5.74) is 1.06. The number of carbonyl (C=O) groups is 1. The second kappa shape index (κ2) is 9.28. The largest absolute Gasteiger partial charge is 0.355 e. The van der Waals surface area contributed by atoms with Crippen molar-refractivity contribution in [3.05, 3.63) is 48.4 Å². The number of hydrogen-bond acceptors (Lipinski definition) is 6. The van der Waals surface area contributed by atoms with Gasteiger partial charge in [-0.1, -0.05) is 6.07 Å². The summed E-state index contributed by atoms with van der Waals surface area (Å²) < 4.78 is 14.3. The molecule has 0 radical (unpaired) electrons. The Morgan fingerprint density at radius 2 is 2.00 bits per heavy atom. The van der Waals surface area contributed by atoms with Crippen LogP contribution in [0.5, 0.6) is 0 Å². The molecule has 29 heavy (non-hydrogen) atoms. The van der Waals surface area contributed by atoms with Crippen molar-refractivity contribution in [2.45, 2.75) is 25.1 Å². The van der Waals surface area contributed by atoms with Gasteiger partial charge in [-0.05, 0) is 43.7 Å². The molecule has 2 atom stereocenters. The average molecular weight is 398 g/mol. The van der Waals surface area contributed by atoms with Crippen LogP contribution in [0.1, 0.15) is 23.3 Å². The van der Waals surface area contributed by atoms with Gasteiger partial charge in [0.15, 0.2) is 0 Å². The molecule has 0 bridgehead atoms. The number of aromatic nitrogens is 2. The molecule has 2 saturated heterocycles. The van der Waals surface area contributed by atoms with Gasteiger partial charge in [0.05, 0.1) is 0 Å². The molecule has 8 heteroatoms. The molecule has 0 spiro atoms. The maximum Gasteiger partial charge on any atom is 0.274 e. The molecule has 7 nitrogen and oxygen atoms in total. The van der Waals surface area contributed by atoms with Crippen LogP contribution in [0.15, 0.2) is 42.7 Å². The van der Waals surface area contributed by atoms with Crippen LogP contribution in [-0.2, 0) is 0 Å². The van der Waals surface area contributed by atoms with Crippen molar-refractivity contribution in [1.82, 2.24) is 20.2 Å². The zero-order chi connectivity index (χ0) is 20.1. The Hall–Kier alpha value is -2.58. The number of carbonyl (C=O) groups excluding carboxylic acids is 1. The highest BCUT2D eigenvalue weighted by Crippen LogP contribution is 2.20. The van der Waals surface area contributed by atoms with Crippen molar-refractivity contribution in [2.24, 2.45) is 0 Å². The predicted octanol–water partition coefficient (Wildman–Crippen LogP) is 1.94. The Morgan fingerprint density at radius 3 is 2.83 bits per heavy atom. The van der Waals surface area contributed by atoms with Crippen molar-refractivity contribution in [2.75, 3.05) is 49.5 Å². The third-order valence-electron chi connectivity index (χ3n) is 5.60. The number of amides is 1. The van der Waals surface area contributed by atoms with Crippen LogP contribution < -0.4 is 15.5 Å². The van der Waals surface area contributed by atoms with Gasteiger partial charge in [0.1, 0.15) is 17.7 Å². The second-order valence-corrected chi connectivity index (χ2v) is 7.52. The van der Waals surface area contributed by atoms with Gasteiger partial charge in [-0.2, -0.15) is 0 Å². The molecule has 4 heterocycles. The van der Waals surface area contributed by atoms with Gasteiger partial charge in [-0.3, -0.25) is 14.7 Å². The number of nitrogens with one attached hydrogen (secondary N) is 2. The molecule has 4 rings (SSSR count). The third-order valence-corrected chi connectivity index (χ3v) is 5.60. The van der Waals surface area contributed by atoms with Gasteiger partial charge in [-0.15, -0.1) is 0 Å². The lowest BCUT2D eigenvalue weighted by atomic mass is 10.0. The maximum atomic E-state index is 14.3. The lowest BCUT2D eigenvalue weighted by Gasteiger charge is -2.36. The van der Waals surface area contributed by atoms with Crippen molar-refractivity contribution < 1.29 is 9.18 Å². The Labute approximate surface area is 170 Å². The van der Waals surface area contributed by atoms with Gasteiger partial charge in [0.2, 0.25) is 0 Å². The van der Waals surface area contributed by atoms with Crippen LogP contribution in [0.3, 0.4) is 0 Å². The first-order valence-corrected chi connectivity index (χ1v) is 10.2. The summed E-state index contributed by atoms with van der Waals surface area (Å²) in [6.45, 7) is 4.65. The van der Waals surface area contributed by atoms with E-state index in [-0.39, 0.29) is 11.9 Å². The van der Waals surface area contributed by atoms with Gasteiger partial charge in [0, 0.05) is 56.8 Å². The summed E-state index contributed by atoms with van der Waals surface area (Å²) >= 11 is 0. The van der Waals surface area contributed by atoms with E-state index in [2.05, 4.69) is 30.4 Å². The molecular formula is C21H27FN6O. The molecule has 2 fully saturated rings. The Kier molecular flexibility index (Phi) is 6.31. The topological polar surface area (TPSA) is 73.4 Å². The summed E-state index contributed by atoms with van der Waals surface area (Å²) in [7, 11) is 0. The maximum absolute atomic E-state index is 14.3. The summed E-state index contributed by atoms with van der Waals surface area (Å²) in [4.78, 5) is 25.6. The van der Waals surface area contributed by atoms with Crippen molar-refractivity contribution in [1.29, 1.82) is 0 Å². The van der Waals surface area contributed by atoms with Crippen molar-refractivity contribution >= 4 is 17.4 Å². The predicted molar refractivity (Wildman–Crippen MR) is 111 cm³/mol. The molecule has 2 aliphatic rings. The van der Waals surface area contributed by atoms with E-state index >= 15 is 0 Å².